The van der Waals surface area contributed by atoms with Gasteiger partial charge in [-0.2, -0.15) is 0 Å². The topological polar surface area (TPSA) is 186 Å². The molecule has 2 amide bonds. The third kappa shape index (κ3) is 7.88. The summed E-state index contributed by atoms with van der Waals surface area (Å²) in [5.41, 5.74) is 0.616. The summed E-state index contributed by atoms with van der Waals surface area (Å²) in [5, 5.41) is 49.7. The second-order valence-electron chi connectivity index (χ2n) is 5.89. The van der Waals surface area contributed by atoms with Gasteiger partial charge in [0.1, 0.15) is 11.8 Å². The monoisotopic (exact) mass is 400 g/mol. The molecule has 0 radical (unpaired) electrons. The van der Waals surface area contributed by atoms with Gasteiger partial charge >= 0.3 is 5.97 Å². The normalized spacial score (nSPS) is 12.1. The molecule has 11 nitrogen and oxygen atoms in total. The van der Waals surface area contributed by atoms with Crippen molar-refractivity contribution in [1.82, 2.24) is 10.6 Å². The van der Waals surface area contributed by atoms with Crippen LogP contribution < -0.4 is 15.4 Å². The number of ether oxygens (including phenoxy) is 1. The second kappa shape index (κ2) is 11.2. The Kier molecular flexibility index (Phi) is 9.32. The summed E-state index contributed by atoms with van der Waals surface area (Å²) in [5.74, 6) is -2.04. The number of carbonyl (C=O) groups excluding carboxylic acids is 2. The molecular formula is C17H24N2O9. The van der Waals surface area contributed by atoms with Gasteiger partial charge in [-0.3, -0.25) is 14.4 Å². The van der Waals surface area contributed by atoms with Crippen molar-refractivity contribution in [3.05, 3.63) is 29.8 Å². The number of aliphatic hydroxyl groups is 4. The highest BCUT2D eigenvalue weighted by Crippen LogP contribution is 2.17. The molecule has 1 aromatic carbocycles. The molecule has 0 aliphatic carbocycles. The number of hydrogen-bond donors (Lipinski definition) is 7. The van der Waals surface area contributed by atoms with E-state index in [9.17, 15) is 14.4 Å². The minimum absolute atomic E-state index is 0.105. The van der Waals surface area contributed by atoms with E-state index in [-0.39, 0.29) is 25.0 Å². The van der Waals surface area contributed by atoms with Gasteiger partial charge in [0.15, 0.2) is 18.7 Å². The number of rotatable bonds is 11. The number of nitrogens with one attached hydrogen (secondary N) is 2. The van der Waals surface area contributed by atoms with Crippen molar-refractivity contribution < 1.29 is 44.7 Å². The number of carbonyl (C=O) groups is 3. The maximum Gasteiger partial charge on any atom is 0.303 e. The Morgan fingerprint density at radius 3 is 2.04 bits per heavy atom. The van der Waals surface area contributed by atoms with E-state index in [4.69, 9.17) is 30.3 Å². The van der Waals surface area contributed by atoms with Crippen LogP contribution in [0, 0.1) is 0 Å². The number of hydrogen-bond acceptors (Lipinski definition) is 8. The van der Waals surface area contributed by atoms with Crippen molar-refractivity contribution in [1.29, 1.82) is 0 Å². The minimum Gasteiger partial charge on any atom is -0.481 e. The summed E-state index contributed by atoms with van der Waals surface area (Å²) in [7, 11) is 1.40. The summed E-state index contributed by atoms with van der Waals surface area (Å²) in [6.45, 7) is 0. The number of amides is 2. The Bertz CT molecular complexity index is 653. The molecule has 0 bridgehead atoms. The van der Waals surface area contributed by atoms with Crippen LogP contribution in [0.1, 0.15) is 18.4 Å². The molecule has 1 aromatic rings. The van der Waals surface area contributed by atoms with Crippen molar-refractivity contribution in [2.24, 2.45) is 0 Å². The first-order valence-electron chi connectivity index (χ1n) is 8.34. The number of benzene rings is 1. The molecule has 0 aliphatic rings. The van der Waals surface area contributed by atoms with Gasteiger partial charge in [0, 0.05) is 19.9 Å². The molecule has 0 spiro atoms. The van der Waals surface area contributed by atoms with Crippen LogP contribution in [0.15, 0.2) is 24.3 Å². The largest absolute Gasteiger partial charge is 0.481 e. The lowest BCUT2D eigenvalue weighted by Crippen LogP contribution is -2.47. The van der Waals surface area contributed by atoms with Crippen molar-refractivity contribution in [2.75, 3.05) is 7.05 Å². The fourth-order valence-corrected chi connectivity index (χ4v) is 2.24. The molecular weight excluding hydrogens is 376 g/mol. The average molecular weight is 400 g/mol. The summed E-state index contributed by atoms with van der Waals surface area (Å²) >= 11 is 0. The lowest BCUT2D eigenvalue weighted by atomic mass is 10.0. The molecule has 0 saturated carbocycles. The van der Waals surface area contributed by atoms with Crippen LogP contribution >= 0.6 is 0 Å². The predicted molar refractivity (Wildman–Crippen MR) is 93.9 cm³/mol. The van der Waals surface area contributed by atoms with Gasteiger partial charge in [0.25, 0.3) is 0 Å². The van der Waals surface area contributed by atoms with E-state index in [1.165, 1.54) is 19.2 Å². The van der Waals surface area contributed by atoms with Gasteiger partial charge in [0.05, 0.1) is 6.42 Å². The van der Waals surface area contributed by atoms with E-state index in [2.05, 4.69) is 10.6 Å². The molecule has 28 heavy (non-hydrogen) atoms. The van der Waals surface area contributed by atoms with Gasteiger partial charge in [-0.25, -0.2) is 0 Å². The van der Waals surface area contributed by atoms with Crippen molar-refractivity contribution in [3.63, 3.8) is 0 Å². The van der Waals surface area contributed by atoms with E-state index in [0.717, 1.165) is 0 Å². The molecule has 156 valence electrons. The SMILES string of the molecule is CNC(=O)C(Cc1ccc(OC(C(O)O)C(O)O)cc1)NC(=O)CCC(=O)O. The first-order valence-corrected chi connectivity index (χ1v) is 8.34. The third-order valence-electron chi connectivity index (χ3n) is 3.69. The van der Waals surface area contributed by atoms with Crippen LogP contribution in [0.5, 0.6) is 5.75 Å². The first-order chi connectivity index (χ1) is 13.1. The summed E-state index contributed by atoms with van der Waals surface area (Å²) in [4.78, 5) is 34.3. The maximum atomic E-state index is 12.0. The number of likely N-dealkylation sites (N-methyl/N-ethyl adjacent to an activating group) is 1. The van der Waals surface area contributed by atoms with Crippen LogP contribution in [-0.4, -0.2) is 75.1 Å². The molecule has 1 rings (SSSR count). The van der Waals surface area contributed by atoms with Crippen molar-refractivity contribution in [3.8, 4) is 5.75 Å². The summed E-state index contributed by atoms with van der Waals surface area (Å²) < 4.78 is 5.08. The van der Waals surface area contributed by atoms with E-state index in [1.807, 2.05) is 0 Å². The molecule has 0 aliphatic heterocycles. The van der Waals surface area contributed by atoms with Crippen molar-refractivity contribution in [2.45, 2.75) is 44.0 Å². The highest BCUT2D eigenvalue weighted by molar-refractivity contribution is 5.88. The highest BCUT2D eigenvalue weighted by Gasteiger charge is 2.26. The van der Waals surface area contributed by atoms with E-state index in [1.54, 1.807) is 12.1 Å². The Balaban J connectivity index is 2.77. The molecule has 0 fully saturated rings. The number of aliphatic hydroxyl groups excluding tert-OH is 2. The molecule has 11 heteroatoms. The van der Waals surface area contributed by atoms with Gasteiger partial charge in [-0.1, -0.05) is 12.1 Å². The molecule has 1 atom stereocenters. The fourth-order valence-electron chi connectivity index (χ4n) is 2.24. The maximum absolute atomic E-state index is 12.0. The van der Waals surface area contributed by atoms with E-state index < -0.39 is 42.5 Å². The minimum atomic E-state index is -2.11. The van der Waals surface area contributed by atoms with Crippen LogP contribution in [-0.2, 0) is 20.8 Å². The number of carboxylic acid groups (broad SMARTS) is 1. The summed E-state index contributed by atoms with van der Waals surface area (Å²) in [6, 6.07) is 4.99. The Hall–Kier alpha value is -2.73. The Morgan fingerprint density at radius 1 is 1.00 bits per heavy atom. The molecule has 7 N–H and O–H groups in total. The molecule has 0 heterocycles. The van der Waals surface area contributed by atoms with Crippen LogP contribution in [0.2, 0.25) is 0 Å². The number of carboxylic acids is 1. The summed E-state index contributed by atoms with van der Waals surface area (Å²) in [6.07, 6.45) is -6.40. The first kappa shape index (κ1) is 23.3. The van der Waals surface area contributed by atoms with E-state index >= 15 is 0 Å². The molecule has 0 aromatic heterocycles. The van der Waals surface area contributed by atoms with Gasteiger partial charge in [0.2, 0.25) is 11.8 Å². The Morgan fingerprint density at radius 2 is 1.57 bits per heavy atom. The molecule has 1 unspecified atom stereocenters. The number of aliphatic carboxylic acids is 1. The lowest BCUT2D eigenvalue weighted by molar-refractivity contribution is -0.201. The standard InChI is InChI=1S/C17H24N2O9/c1-18-15(23)11(19-12(20)6-7-13(21)22)8-9-2-4-10(5-3-9)28-14(16(24)25)17(26)27/h2-5,11,14,16-17,24-27H,6-8H2,1H3,(H,18,23)(H,19,20)(H,21,22). The van der Waals surface area contributed by atoms with Crippen LogP contribution in [0.3, 0.4) is 0 Å². The van der Waals surface area contributed by atoms with Gasteiger partial charge in [-0.15, -0.1) is 0 Å². The van der Waals surface area contributed by atoms with Gasteiger partial charge < -0.3 is 40.9 Å². The van der Waals surface area contributed by atoms with Gasteiger partial charge in [-0.05, 0) is 17.7 Å². The zero-order chi connectivity index (χ0) is 21.3. The second-order valence-corrected chi connectivity index (χ2v) is 5.89. The fraction of sp³-hybridized carbons (Fsp3) is 0.471. The predicted octanol–water partition coefficient (Wildman–Crippen LogP) is -2.31. The highest BCUT2D eigenvalue weighted by atomic mass is 16.6. The average Bonchev–Trinajstić information content (AvgIpc) is 2.63. The Labute approximate surface area is 160 Å². The molecule has 0 saturated heterocycles. The van der Waals surface area contributed by atoms with Crippen molar-refractivity contribution >= 4 is 17.8 Å². The third-order valence-corrected chi connectivity index (χ3v) is 3.69. The van der Waals surface area contributed by atoms with E-state index in [0.29, 0.717) is 5.56 Å². The zero-order valence-corrected chi connectivity index (χ0v) is 15.1. The van der Waals surface area contributed by atoms with Crippen LogP contribution in [0.25, 0.3) is 0 Å². The quantitative estimate of drug-likeness (QED) is 0.200. The van der Waals surface area contributed by atoms with Crippen LogP contribution in [0.4, 0.5) is 0 Å². The zero-order valence-electron chi connectivity index (χ0n) is 15.1. The lowest BCUT2D eigenvalue weighted by Gasteiger charge is -2.22. The smallest absolute Gasteiger partial charge is 0.303 e.